The molecule has 146 valence electrons. The normalized spacial score (nSPS) is 12.2. The minimum absolute atomic E-state index is 0.0321. The number of hydrogen-bond donors (Lipinski definition) is 0. The van der Waals surface area contributed by atoms with E-state index < -0.39 is 17.5 Å². The van der Waals surface area contributed by atoms with E-state index in [-0.39, 0.29) is 16.7 Å². The Morgan fingerprint density at radius 3 is 2.50 bits per heavy atom. The number of alkyl halides is 3. The van der Waals surface area contributed by atoms with E-state index in [9.17, 15) is 18.4 Å². The number of aromatic nitrogens is 3. The van der Waals surface area contributed by atoms with Crippen LogP contribution in [0.25, 0.3) is 11.0 Å². The van der Waals surface area contributed by atoms with Gasteiger partial charge in [-0.25, -0.2) is 4.68 Å². The van der Waals surface area contributed by atoms with Gasteiger partial charge in [-0.2, -0.15) is 18.4 Å². The molecule has 0 fully saturated rings. The van der Waals surface area contributed by atoms with Crippen LogP contribution in [0.3, 0.4) is 0 Å². The van der Waals surface area contributed by atoms with Crippen LogP contribution in [-0.4, -0.2) is 15.0 Å². The molecule has 0 saturated heterocycles. The third kappa shape index (κ3) is 3.97. The molecule has 0 aliphatic heterocycles. The lowest BCUT2D eigenvalue weighted by Crippen LogP contribution is -2.16. The smallest absolute Gasteiger partial charge is 0.420 e. The fourth-order valence-electron chi connectivity index (χ4n) is 2.70. The Kier molecular flexibility index (Phi) is 5.10. The van der Waals surface area contributed by atoms with E-state index in [1.165, 1.54) is 18.2 Å². The molecule has 9 heteroatoms. The molecule has 3 rings (SSSR count). The van der Waals surface area contributed by atoms with Crippen molar-refractivity contribution in [2.45, 2.75) is 33.5 Å². The van der Waals surface area contributed by atoms with E-state index in [1.54, 1.807) is 16.8 Å². The van der Waals surface area contributed by atoms with Gasteiger partial charge in [0.25, 0.3) is 0 Å². The van der Waals surface area contributed by atoms with Gasteiger partial charge >= 0.3 is 6.18 Å². The monoisotopic (exact) mass is 452 g/mol. The summed E-state index contributed by atoms with van der Waals surface area (Å²) in [5, 5.41) is 17.5. The molecule has 0 bridgehead atoms. The van der Waals surface area contributed by atoms with Crippen molar-refractivity contribution in [3.05, 3.63) is 45.9 Å². The molecule has 0 aliphatic rings. The summed E-state index contributed by atoms with van der Waals surface area (Å²) in [6.45, 7) is 6.80. The van der Waals surface area contributed by atoms with Crippen LogP contribution in [0.1, 0.15) is 31.9 Å². The maximum absolute atomic E-state index is 13.4. The first kappa shape index (κ1) is 20.1. The van der Waals surface area contributed by atoms with Gasteiger partial charge < -0.3 is 4.74 Å². The Bertz CT molecular complexity index is 1080. The molecule has 0 N–H and O–H groups in total. The molecule has 0 radical (unpaired) electrons. The zero-order valence-corrected chi connectivity index (χ0v) is 16.9. The van der Waals surface area contributed by atoms with Crippen molar-refractivity contribution in [1.82, 2.24) is 15.0 Å². The number of benzene rings is 2. The number of para-hydroxylation sites is 1. The maximum Gasteiger partial charge on any atom is 0.420 e. The molecule has 0 atom stereocenters. The first-order chi connectivity index (χ1) is 13.0. The zero-order valence-electron chi connectivity index (χ0n) is 15.3. The third-order valence-corrected chi connectivity index (χ3v) is 4.63. The SMILES string of the molecule is CC(C)(C)Cn1nnc2c(Br)c(Oc3c(C#N)cccc3C(F)(F)F)ccc21. The summed E-state index contributed by atoms with van der Waals surface area (Å²) < 4.78 is 47.7. The Morgan fingerprint density at radius 2 is 1.89 bits per heavy atom. The lowest BCUT2D eigenvalue weighted by Gasteiger charge is -2.18. The number of nitriles is 1. The zero-order chi connectivity index (χ0) is 20.7. The molecule has 0 spiro atoms. The number of rotatable bonds is 3. The van der Waals surface area contributed by atoms with E-state index >= 15 is 0 Å². The molecule has 5 nitrogen and oxygen atoms in total. The predicted molar refractivity (Wildman–Crippen MR) is 101 cm³/mol. The van der Waals surface area contributed by atoms with Crippen molar-refractivity contribution >= 4 is 27.0 Å². The first-order valence-electron chi connectivity index (χ1n) is 8.31. The summed E-state index contributed by atoms with van der Waals surface area (Å²) >= 11 is 3.35. The van der Waals surface area contributed by atoms with Crippen molar-refractivity contribution in [3.8, 4) is 17.6 Å². The molecule has 0 unspecified atom stereocenters. The van der Waals surface area contributed by atoms with Gasteiger partial charge in [-0.05, 0) is 45.6 Å². The van der Waals surface area contributed by atoms with Crippen LogP contribution in [0.4, 0.5) is 13.2 Å². The van der Waals surface area contributed by atoms with Crippen LogP contribution in [0, 0.1) is 16.7 Å². The Labute approximate surface area is 167 Å². The molecule has 28 heavy (non-hydrogen) atoms. The van der Waals surface area contributed by atoms with Crippen LogP contribution >= 0.6 is 15.9 Å². The highest BCUT2D eigenvalue weighted by Crippen LogP contribution is 2.42. The van der Waals surface area contributed by atoms with Gasteiger partial charge in [-0.3, -0.25) is 0 Å². The molecule has 2 aromatic carbocycles. The van der Waals surface area contributed by atoms with E-state index in [1.807, 2.05) is 0 Å². The number of nitrogens with zero attached hydrogens (tertiary/aromatic N) is 4. The van der Waals surface area contributed by atoms with E-state index in [4.69, 9.17) is 4.74 Å². The number of ether oxygens (including phenoxy) is 1. The second-order valence-corrected chi connectivity index (χ2v) is 8.24. The summed E-state index contributed by atoms with van der Waals surface area (Å²) in [5.74, 6) is -0.428. The lowest BCUT2D eigenvalue weighted by atomic mass is 9.97. The lowest BCUT2D eigenvalue weighted by molar-refractivity contribution is -0.138. The Hall–Kier alpha value is -2.60. The number of fused-ring (bicyclic) bond motifs is 1. The second kappa shape index (κ2) is 7.09. The Morgan fingerprint density at radius 1 is 1.18 bits per heavy atom. The largest absolute Gasteiger partial charge is 0.454 e. The summed E-state index contributed by atoms with van der Waals surface area (Å²) in [6.07, 6.45) is -4.66. The second-order valence-electron chi connectivity index (χ2n) is 7.45. The van der Waals surface area contributed by atoms with Crippen LogP contribution in [0.2, 0.25) is 0 Å². The highest BCUT2D eigenvalue weighted by molar-refractivity contribution is 9.10. The molecule has 1 aromatic heterocycles. The summed E-state index contributed by atoms with van der Waals surface area (Å²) in [4.78, 5) is 0. The van der Waals surface area contributed by atoms with Gasteiger partial charge in [0.05, 0.1) is 21.1 Å². The van der Waals surface area contributed by atoms with Gasteiger partial charge in [0.15, 0.2) is 5.75 Å². The van der Waals surface area contributed by atoms with Crippen molar-refractivity contribution in [2.24, 2.45) is 5.41 Å². The topological polar surface area (TPSA) is 63.7 Å². The molecular formula is C19H16BrF3N4O. The van der Waals surface area contributed by atoms with Gasteiger partial charge in [-0.15, -0.1) is 5.10 Å². The van der Waals surface area contributed by atoms with Gasteiger partial charge in [0, 0.05) is 6.54 Å². The van der Waals surface area contributed by atoms with Crippen molar-refractivity contribution in [1.29, 1.82) is 5.26 Å². The van der Waals surface area contributed by atoms with Crippen molar-refractivity contribution < 1.29 is 17.9 Å². The molecule has 0 aliphatic carbocycles. The summed E-state index contributed by atoms with van der Waals surface area (Å²) in [5.41, 5.74) is -0.0769. The van der Waals surface area contributed by atoms with E-state index in [0.29, 0.717) is 16.5 Å². The molecule has 1 heterocycles. The number of hydrogen-bond acceptors (Lipinski definition) is 4. The first-order valence-corrected chi connectivity index (χ1v) is 9.10. The fraction of sp³-hybridized carbons (Fsp3) is 0.316. The van der Waals surface area contributed by atoms with Crippen LogP contribution in [0.5, 0.6) is 11.5 Å². The fourth-order valence-corrected chi connectivity index (χ4v) is 3.19. The predicted octanol–water partition coefficient (Wildman–Crippen LogP) is 5.92. The molecule has 0 amide bonds. The van der Waals surface area contributed by atoms with Gasteiger partial charge in [0.2, 0.25) is 0 Å². The van der Waals surface area contributed by atoms with Crippen LogP contribution in [-0.2, 0) is 12.7 Å². The third-order valence-electron chi connectivity index (χ3n) is 3.87. The highest BCUT2D eigenvalue weighted by atomic mass is 79.9. The Balaban J connectivity index is 2.08. The quantitative estimate of drug-likeness (QED) is 0.494. The van der Waals surface area contributed by atoms with Crippen LogP contribution in [0.15, 0.2) is 34.8 Å². The minimum Gasteiger partial charge on any atom is -0.454 e. The van der Waals surface area contributed by atoms with Gasteiger partial charge in [-0.1, -0.05) is 32.1 Å². The van der Waals surface area contributed by atoms with Crippen LogP contribution < -0.4 is 4.74 Å². The number of halogens is 4. The average molecular weight is 453 g/mol. The standard InChI is InChI=1S/C19H16BrF3N4O/c1-18(2,3)10-27-13-7-8-14(15(20)16(13)25-26-27)28-17-11(9-24)5-4-6-12(17)19(21,22)23/h4-8H,10H2,1-3H3. The maximum atomic E-state index is 13.4. The molecule has 3 aromatic rings. The average Bonchev–Trinajstić information content (AvgIpc) is 2.98. The summed E-state index contributed by atoms with van der Waals surface area (Å²) in [6, 6.07) is 8.28. The van der Waals surface area contributed by atoms with E-state index in [0.717, 1.165) is 11.6 Å². The summed E-state index contributed by atoms with van der Waals surface area (Å²) in [7, 11) is 0. The molecule has 0 saturated carbocycles. The van der Waals surface area contributed by atoms with E-state index in [2.05, 4.69) is 47.0 Å². The minimum atomic E-state index is -4.66. The highest BCUT2D eigenvalue weighted by Gasteiger charge is 2.36. The van der Waals surface area contributed by atoms with Gasteiger partial charge in [0.1, 0.15) is 17.3 Å². The van der Waals surface area contributed by atoms with Crippen molar-refractivity contribution in [2.75, 3.05) is 0 Å². The van der Waals surface area contributed by atoms with Crippen molar-refractivity contribution in [3.63, 3.8) is 0 Å². The molecular weight excluding hydrogens is 437 g/mol.